The number of likely N-dealkylation sites (tertiary alicyclic amines) is 1. The first-order chi connectivity index (χ1) is 14.2. The van der Waals surface area contributed by atoms with Gasteiger partial charge in [-0.3, -0.25) is 9.59 Å². The van der Waals surface area contributed by atoms with E-state index in [9.17, 15) is 9.59 Å². The van der Waals surface area contributed by atoms with Gasteiger partial charge in [-0.1, -0.05) is 30.3 Å². The third-order valence-electron chi connectivity index (χ3n) is 5.72. The molecule has 0 radical (unpaired) electrons. The topological polar surface area (TPSA) is 82.2 Å². The minimum atomic E-state index is -0.0428. The molecule has 146 valence electrons. The highest BCUT2D eigenvalue weighted by atomic mass is 16.2. The average Bonchev–Trinajstić information content (AvgIpc) is 3.46. The molecule has 3 aromatic rings. The first kappa shape index (κ1) is 17.6. The summed E-state index contributed by atoms with van der Waals surface area (Å²) in [5, 5.41) is 10.6. The quantitative estimate of drug-likeness (QED) is 0.745. The SMILES string of the molecule is O=C(c1ccc2n[nH]nc2c1)N1C=C2CN(C(=O)CCc3ccccc3)C[C@@H]2C1. The van der Waals surface area contributed by atoms with Crippen molar-refractivity contribution >= 4 is 22.8 Å². The Morgan fingerprint density at radius 2 is 1.86 bits per heavy atom. The third-order valence-corrected chi connectivity index (χ3v) is 5.72. The van der Waals surface area contributed by atoms with E-state index in [2.05, 4.69) is 27.5 Å². The van der Waals surface area contributed by atoms with Gasteiger partial charge in [0.25, 0.3) is 5.91 Å². The van der Waals surface area contributed by atoms with Crippen LogP contribution in [-0.4, -0.2) is 56.7 Å². The van der Waals surface area contributed by atoms with E-state index >= 15 is 0 Å². The predicted octanol–water partition coefficient (Wildman–Crippen LogP) is 2.39. The van der Waals surface area contributed by atoms with E-state index in [1.165, 1.54) is 5.56 Å². The molecule has 0 saturated carbocycles. The van der Waals surface area contributed by atoms with Gasteiger partial charge in [0.05, 0.1) is 0 Å². The second-order valence-electron chi connectivity index (χ2n) is 7.65. The number of carbonyl (C=O) groups excluding carboxylic acids is 2. The molecule has 3 heterocycles. The van der Waals surface area contributed by atoms with Gasteiger partial charge >= 0.3 is 0 Å². The van der Waals surface area contributed by atoms with Gasteiger partial charge in [-0.25, -0.2) is 0 Å². The van der Waals surface area contributed by atoms with Crippen molar-refractivity contribution in [2.75, 3.05) is 19.6 Å². The summed E-state index contributed by atoms with van der Waals surface area (Å²) in [4.78, 5) is 29.1. The minimum absolute atomic E-state index is 0.0428. The van der Waals surface area contributed by atoms with Gasteiger partial charge in [-0.15, -0.1) is 0 Å². The number of amides is 2. The molecule has 5 rings (SSSR count). The fraction of sp³-hybridized carbons (Fsp3) is 0.273. The van der Waals surface area contributed by atoms with Crippen LogP contribution < -0.4 is 0 Å². The van der Waals surface area contributed by atoms with Crippen molar-refractivity contribution in [1.82, 2.24) is 25.2 Å². The molecule has 1 saturated heterocycles. The Hall–Kier alpha value is -3.48. The van der Waals surface area contributed by atoms with E-state index in [1.54, 1.807) is 23.1 Å². The molecule has 2 aromatic carbocycles. The maximum atomic E-state index is 12.9. The summed E-state index contributed by atoms with van der Waals surface area (Å²) in [6.45, 7) is 1.92. The van der Waals surface area contributed by atoms with Crippen molar-refractivity contribution < 1.29 is 9.59 Å². The lowest BCUT2D eigenvalue weighted by atomic mass is 10.1. The summed E-state index contributed by atoms with van der Waals surface area (Å²) < 4.78 is 0. The highest BCUT2D eigenvalue weighted by Gasteiger charge is 2.37. The number of rotatable bonds is 4. The number of aromatic amines is 1. The lowest BCUT2D eigenvalue weighted by Gasteiger charge is -2.20. The van der Waals surface area contributed by atoms with Crippen molar-refractivity contribution in [2.24, 2.45) is 5.92 Å². The summed E-state index contributed by atoms with van der Waals surface area (Å²) in [7, 11) is 0. The van der Waals surface area contributed by atoms with Gasteiger partial charge in [0.15, 0.2) is 0 Å². The van der Waals surface area contributed by atoms with Crippen LogP contribution in [0.1, 0.15) is 22.3 Å². The molecule has 7 nitrogen and oxygen atoms in total. The fourth-order valence-corrected chi connectivity index (χ4v) is 4.13. The molecule has 7 heteroatoms. The highest BCUT2D eigenvalue weighted by Crippen LogP contribution is 2.31. The maximum absolute atomic E-state index is 12.9. The van der Waals surface area contributed by atoms with Crippen LogP contribution in [0.15, 0.2) is 60.3 Å². The van der Waals surface area contributed by atoms with Crippen LogP contribution in [0.3, 0.4) is 0 Å². The van der Waals surface area contributed by atoms with E-state index in [1.807, 2.05) is 29.3 Å². The Labute approximate surface area is 168 Å². The second-order valence-corrected chi connectivity index (χ2v) is 7.65. The van der Waals surface area contributed by atoms with Gasteiger partial charge in [0, 0.05) is 43.7 Å². The van der Waals surface area contributed by atoms with Crippen LogP contribution in [-0.2, 0) is 11.2 Å². The molecule has 1 N–H and O–H groups in total. The van der Waals surface area contributed by atoms with E-state index in [-0.39, 0.29) is 17.7 Å². The van der Waals surface area contributed by atoms with Gasteiger partial charge in [-0.05, 0) is 35.8 Å². The molecule has 2 amide bonds. The van der Waals surface area contributed by atoms with Gasteiger partial charge < -0.3 is 9.80 Å². The standard InChI is InChI=1S/C22H21N5O2/c28-21(9-6-15-4-2-1-3-5-15)26-11-17-13-27(14-18(17)12-26)22(29)16-7-8-19-20(10-16)24-25-23-19/h1-5,7-8,10,13,18H,6,9,11-12,14H2,(H,23,24,25)/t18-/m1/s1. The molecule has 1 aromatic heterocycles. The Morgan fingerprint density at radius 1 is 1.03 bits per heavy atom. The highest BCUT2D eigenvalue weighted by molar-refractivity contribution is 5.98. The normalized spacial score (nSPS) is 18.2. The summed E-state index contributed by atoms with van der Waals surface area (Å²) in [5.74, 6) is 0.368. The van der Waals surface area contributed by atoms with E-state index in [4.69, 9.17) is 0 Å². The van der Waals surface area contributed by atoms with Crippen LogP contribution in [0, 0.1) is 5.92 Å². The zero-order chi connectivity index (χ0) is 19.8. The molecule has 0 aliphatic carbocycles. The van der Waals surface area contributed by atoms with Crippen LogP contribution in [0.4, 0.5) is 0 Å². The number of fused-ring (bicyclic) bond motifs is 2. The predicted molar refractivity (Wildman–Crippen MR) is 108 cm³/mol. The molecule has 0 bridgehead atoms. The van der Waals surface area contributed by atoms with Crippen LogP contribution >= 0.6 is 0 Å². The lowest BCUT2D eigenvalue weighted by molar-refractivity contribution is -0.130. The van der Waals surface area contributed by atoms with Gasteiger partial charge in [0.1, 0.15) is 11.0 Å². The third kappa shape index (κ3) is 3.40. The maximum Gasteiger partial charge on any atom is 0.257 e. The number of hydrogen-bond acceptors (Lipinski definition) is 4. The minimum Gasteiger partial charge on any atom is -0.338 e. The second kappa shape index (κ2) is 7.16. The van der Waals surface area contributed by atoms with Crippen LogP contribution in [0.2, 0.25) is 0 Å². The molecule has 1 fully saturated rings. The van der Waals surface area contributed by atoms with Gasteiger partial charge in [0.2, 0.25) is 5.91 Å². The first-order valence-electron chi connectivity index (χ1n) is 9.81. The summed E-state index contributed by atoms with van der Waals surface area (Å²) in [6.07, 6.45) is 3.20. The fourth-order valence-electron chi connectivity index (χ4n) is 4.13. The number of benzene rings is 2. The Morgan fingerprint density at radius 3 is 2.69 bits per heavy atom. The molecule has 0 unspecified atom stereocenters. The molecular formula is C22H21N5O2. The Balaban J connectivity index is 1.22. The lowest BCUT2D eigenvalue weighted by Crippen LogP contribution is -2.33. The smallest absolute Gasteiger partial charge is 0.257 e. The van der Waals surface area contributed by atoms with Crippen molar-refractivity contribution in [1.29, 1.82) is 0 Å². The zero-order valence-electron chi connectivity index (χ0n) is 15.9. The molecule has 2 aliphatic heterocycles. The number of hydrogen-bond donors (Lipinski definition) is 1. The number of aryl methyl sites for hydroxylation is 1. The molecule has 1 atom stereocenters. The van der Waals surface area contributed by atoms with E-state index in [0.29, 0.717) is 37.1 Å². The molecule has 29 heavy (non-hydrogen) atoms. The average molecular weight is 387 g/mol. The van der Waals surface area contributed by atoms with Crippen molar-refractivity contribution in [3.63, 3.8) is 0 Å². The van der Waals surface area contributed by atoms with E-state index in [0.717, 1.165) is 17.5 Å². The first-order valence-corrected chi connectivity index (χ1v) is 9.81. The van der Waals surface area contributed by atoms with E-state index < -0.39 is 0 Å². The number of H-pyrrole nitrogens is 1. The van der Waals surface area contributed by atoms with Crippen LogP contribution in [0.5, 0.6) is 0 Å². The molecule has 2 aliphatic rings. The molecular weight excluding hydrogens is 366 g/mol. The monoisotopic (exact) mass is 387 g/mol. The number of aromatic nitrogens is 3. The van der Waals surface area contributed by atoms with Crippen molar-refractivity contribution in [2.45, 2.75) is 12.8 Å². The summed E-state index contributed by atoms with van der Waals surface area (Å²) >= 11 is 0. The van der Waals surface area contributed by atoms with Crippen molar-refractivity contribution in [3.8, 4) is 0 Å². The van der Waals surface area contributed by atoms with Crippen LogP contribution in [0.25, 0.3) is 11.0 Å². The number of nitrogens with one attached hydrogen (secondary N) is 1. The Kier molecular flexibility index (Phi) is 4.35. The van der Waals surface area contributed by atoms with Crippen molar-refractivity contribution in [3.05, 3.63) is 71.4 Å². The molecule has 0 spiro atoms. The number of carbonyl (C=O) groups is 2. The Bertz CT molecular complexity index is 1100. The largest absolute Gasteiger partial charge is 0.338 e. The van der Waals surface area contributed by atoms with Gasteiger partial charge in [-0.2, -0.15) is 15.4 Å². The zero-order valence-corrected chi connectivity index (χ0v) is 15.9. The summed E-state index contributed by atoms with van der Waals surface area (Å²) in [5.41, 5.74) is 4.36. The summed E-state index contributed by atoms with van der Waals surface area (Å²) in [6, 6.07) is 15.4. The number of nitrogens with zero attached hydrogens (tertiary/aromatic N) is 4.